The van der Waals surface area contributed by atoms with Gasteiger partial charge in [0.1, 0.15) is 5.75 Å². The Morgan fingerprint density at radius 1 is 1.37 bits per heavy atom. The lowest BCUT2D eigenvalue weighted by Crippen LogP contribution is -2.31. The molecule has 0 atom stereocenters. The number of alkyl halides is 3. The first-order valence-electron chi connectivity index (χ1n) is 5.49. The molecule has 7 heteroatoms. The van der Waals surface area contributed by atoms with Gasteiger partial charge in [-0.05, 0) is 18.2 Å². The minimum absolute atomic E-state index is 0.00304. The van der Waals surface area contributed by atoms with Crippen LogP contribution in [0, 0.1) is 0 Å². The molecule has 0 unspecified atom stereocenters. The molecule has 0 aromatic heterocycles. The van der Waals surface area contributed by atoms with Crippen LogP contribution in [0.5, 0.6) is 5.75 Å². The van der Waals surface area contributed by atoms with Crippen LogP contribution < -0.4 is 10.1 Å². The molecule has 0 spiro atoms. The molecule has 4 nitrogen and oxygen atoms in total. The Bertz CT molecular complexity index is 421. The normalized spacial score (nSPS) is 11.2. The molecule has 1 aromatic carbocycles. The minimum Gasteiger partial charge on any atom is -0.484 e. The molecular weight excluding hydrogens is 263 g/mol. The van der Waals surface area contributed by atoms with E-state index in [1.54, 1.807) is 0 Å². The number of methoxy groups -OCH3 is 1. The molecule has 0 aliphatic heterocycles. The Labute approximate surface area is 108 Å². The first kappa shape index (κ1) is 15.3. The monoisotopic (exact) mass is 277 g/mol. The lowest BCUT2D eigenvalue weighted by molar-refractivity contribution is -0.137. The third-order valence-corrected chi connectivity index (χ3v) is 2.16. The van der Waals surface area contributed by atoms with E-state index in [1.165, 1.54) is 19.2 Å². The van der Waals surface area contributed by atoms with Crippen LogP contribution in [0.2, 0.25) is 0 Å². The average Bonchev–Trinajstić information content (AvgIpc) is 2.36. The summed E-state index contributed by atoms with van der Waals surface area (Å²) in [7, 11) is 1.49. The molecule has 0 fully saturated rings. The van der Waals surface area contributed by atoms with Gasteiger partial charge in [0.25, 0.3) is 5.91 Å². The summed E-state index contributed by atoms with van der Waals surface area (Å²) in [5.41, 5.74) is -0.815. The Balaban J connectivity index is 2.47. The number of hydrogen-bond donors (Lipinski definition) is 1. The molecule has 1 N–H and O–H groups in total. The zero-order valence-electron chi connectivity index (χ0n) is 10.3. The average molecular weight is 277 g/mol. The number of hydrogen-bond acceptors (Lipinski definition) is 3. The van der Waals surface area contributed by atoms with Crippen LogP contribution in [-0.2, 0) is 15.7 Å². The van der Waals surface area contributed by atoms with Gasteiger partial charge < -0.3 is 14.8 Å². The summed E-state index contributed by atoms with van der Waals surface area (Å²) in [5.74, 6) is -0.425. The summed E-state index contributed by atoms with van der Waals surface area (Å²) in [5, 5.41) is 2.49. The first-order valence-corrected chi connectivity index (χ1v) is 5.49. The molecule has 1 aromatic rings. The highest BCUT2D eigenvalue weighted by atomic mass is 19.4. The van der Waals surface area contributed by atoms with E-state index in [1.807, 2.05) is 0 Å². The number of rotatable bonds is 6. The fraction of sp³-hybridized carbons (Fsp3) is 0.417. The number of ether oxygens (including phenoxy) is 2. The van der Waals surface area contributed by atoms with Crippen molar-refractivity contribution in [2.24, 2.45) is 0 Å². The van der Waals surface area contributed by atoms with E-state index in [2.05, 4.69) is 5.32 Å². The summed E-state index contributed by atoms with van der Waals surface area (Å²) in [6.45, 7) is 0.335. The van der Waals surface area contributed by atoms with Crippen LogP contribution in [0.1, 0.15) is 5.56 Å². The zero-order chi connectivity index (χ0) is 14.3. The number of benzene rings is 1. The Morgan fingerprint density at radius 2 is 2.11 bits per heavy atom. The molecule has 0 heterocycles. The van der Waals surface area contributed by atoms with Crippen molar-refractivity contribution in [3.8, 4) is 5.75 Å². The van der Waals surface area contributed by atoms with Gasteiger partial charge in [0.15, 0.2) is 6.61 Å². The molecule has 0 radical (unpaired) electrons. The van der Waals surface area contributed by atoms with E-state index in [0.717, 1.165) is 12.1 Å². The van der Waals surface area contributed by atoms with Crippen LogP contribution in [0.25, 0.3) is 0 Å². The SMILES string of the molecule is COCCNC(=O)COc1cccc(C(F)(F)F)c1. The summed E-state index contributed by atoms with van der Waals surface area (Å²) >= 11 is 0. The fourth-order valence-corrected chi connectivity index (χ4v) is 1.25. The van der Waals surface area contributed by atoms with Crippen molar-refractivity contribution in [3.63, 3.8) is 0 Å². The molecule has 0 aliphatic carbocycles. The second kappa shape index (κ2) is 6.98. The van der Waals surface area contributed by atoms with Crippen LogP contribution in [0.3, 0.4) is 0 Å². The molecule has 106 valence electrons. The number of nitrogens with one attached hydrogen (secondary N) is 1. The van der Waals surface area contributed by atoms with Crippen LogP contribution in [0.15, 0.2) is 24.3 Å². The lowest BCUT2D eigenvalue weighted by atomic mass is 10.2. The van der Waals surface area contributed by atoms with Crippen LogP contribution >= 0.6 is 0 Å². The van der Waals surface area contributed by atoms with E-state index in [-0.39, 0.29) is 12.4 Å². The fourth-order valence-electron chi connectivity index (χ4n) is 1.25. The van der Waals surface area contributed by atoms with Crippen molar-refractivity contribution in [1.29, 1.82) is 0 Å². The van der Waals surface area contributed by atoms with Gasteiger partial charge in [-0.25, -0.2) is 0 Å². The first-order chi connectivity index (χ1) is 8.93. The highest BCUT2D eigenvalue weighted by Crippen LogP contribution is 2.31. The quantitative estimate of drug-likeness (QED) is 0.807. The smallest absolute Gasteiger partial charge is 0.416 e. The maximum Gasteiger partial charge on any atom is 0.416 e. The van der Waals surface area contributed by atoms with Gasteiger partial charge in [0.05, 0.1) is 12.2 Å². The van der Waals surface area contributed by atoms with Crippen molar-refractivity contribution in [1.82, 2.24) is 5.32 Å². The van der Waals surface area contributed by atoms with Crippen molar-refractivity contribution in [2.75, 3.05) is 26.9 Å². The number of carbonyl (C=O) groups is 1. The van der Waals surface area contributed by atoms with Gasteiger partial charge in [0, 0.05) is 13.7 Å². The molecule has 0 saturated heterocycles. The summed E-state index contributed by atoms with van der Waals surface area (Å²) in [6, 6.07) is 4.37. The molecular formula is C12H14F3NO3. The molecule has 0 aliphatic rings. The number of halogens is 3. The van der Waals surface area contributed by atoms with Gasteiger partial charge in [-0.1, -0.05) is 6.07 Å². The Hall–Kier alpha value is -1.76. The summed E-state index contributed by atoms with van der Waals surface area (Å²) in [6.07, 6.45) is -4.43. The zero-order valence-corrected chi connectivity index (χ0v) is 10.3. The van der Waals surface area contributed by atoms with Crippen molar-refractivity contribution in [2.45, 2.75) is 6.18 Å². The van der Waals surface area contributed by atoms with Gasteiger partial charge in [-0.15, -0.1) is 0 Å². The van der Waals surface area contributed by atoms with Crippen molar-refractivity contribution >= 4 is 5.91 Å². The lowest BCUT2D eigenvalue weighted by Gasteiger charge is -2.10. The maximum absolute atomic E-state index is 12.4. The minimum atomic E-state index is -4.43. The van der Waals surface area contributed by atoms with Gasteiger partial charge in [-0.2, -0.15) is 13.2 Å². The third kappa shape index (κ3) is 5.60. The second-order valence-corrected chi connectivity index (χ2v) is 3.66. The van der Waals surface area contributed by atoms with E-state index in [9.17, 15) is 18.0 Å². The van der Waals surface area contributed by atoms with E-state index >= 15 is 0 Å². The van der Waals surface area contributed by atoms with Gasteiger partial charge in [0.2, 0.25) is 0 Å². The summed E-state index contributed by atoms with van der Waals surface area (Å²) < 4.78 is 47.0. The molecule has 19 heavy (non-hydrogen) atoms. The standard InChI is InChI=1S/C12H14F3NO3/c1-18-6-5-16-11(17)8-19-10-4-2-3-9(7-10)12(13,14)15/h2-4,7H,5-6,8H2,1H3,(H,16,17). The van der Waals surface area contributed by atoms with E-state index < -0.39 is 17.6 Å². The highest BCUT2D eigenvalue weighted by molar-refractivity contribution is 5.77. The van der Waals surface area contributed by atoms with Crippen molar-refractivity contribution < 1.29 is 27.4 Å². The largest absolute Gasteiger partial charge is 0.484 e. The third-order valence-electron chi connectivity index (χ3n) is 2.16. The number of amides is 1. The van der Waals surface area contributed by atoms with Crippen LogP contribution in [-0.4, -0.2) is 32.8 Å². The van der Waals surface area contributed by atoms with Gasteiger partial charge in [-0.3, -0.25) is 4.79 Å². The predicted octanol–water partition coefficient (Wildman–Crippen LogP) is 1.85. The number of carbonyl (C=O) groups excluding carboxylic acids is 1. The maximum atomic E-state index is 12.4. The van der Waals surface area contributed by atoms with Crippen molar-refractivity contribution in [3.05, 3.63) is 29.8 Å². The van der Waals surface area contributed by atoms with Gasteiger partial charge >= 0.3 is 6.18 Å². The topological polar surface area (TPSA) is 47.6 Å². The predicted molar refractivity (Wildman–Crippen MR) is 61.8 cm³/mol. The molecule has 0 bridgehead atoms. The Kier molecular flexibility index (Phi) is 5.62. The summed E-state index contributed by atoms with van der Waals surface area (Å²) in [4.78, 5) is 11.3. The van der Waals surface area contributed by atoms with E-state index in [0.29, 0.717) is 13.2 Å². The molecule has 1 rings (SSSR count). The molecule has 1 amide bonds. The van der Waals surface area contributed by atoms with Crippen LogP contribution in [0.4, 0.5) is 13.2 Å². The Morgan fingerprint density at radius 3 is 2.74 bits per heavy atom. The second-order valence-electron chi connectivity index (χ2n) is 3.66. The molecule has 0 saturated carbocycles. The highest BCUT2D eigenvalue weighted by Gasteiger charge is 2.30. The van der Waals surface area contributed by atoms with E-state index in [4.69, 9.17) is 9.47 Å².